The number of methoxy groups -OCH3 is 1. The van der Waals surface area contributed by atoms with Gasteiger partial charge in [0.25, 0.3) is 0 Å². The molecule has 1 saturated heterocycles. The van der Waals surface area contributed by atoms with Gasteiger partial charge < -0.3 is 13.9 Å². The van der Waals surface area contributed by atoms with Gasteiger partial charge in [-0.2, -0.15) is 4.31 Å². The molecule has 11 heteroatoms. The fourth-order valence-corrected chi connectivity index (χ4v) is 6.14. The molecule has 36 heavy (non-hydrogen) atoms. The zero-order valence-corrected chi connectivity index (χ0v) is 22.0. The highest BCUT2D eigenvalue weighted by molar-refractivity contribution is 7.89. The van der Waals surface area contributed by atoms with E-state index in [-0.39, 0.29) is 32.7 Å². The Labute approximate surface area is 220 Å². The lowest BCUT2D eigenvalue weighted by molar-refractivity contribution is 0.245. The summed E-state index contributed by atoms with van der Waals surface area (Å²) in [4.78, 5) is 14.7. The van der Waals surface area contributed by atoms with Crippen molar-refractivity contribution < 1.29 is 22.3 Å². The first kappa shape index (κ1) is 26.5. The highest BCUT2D eigenvalue weighted by atomic mass is 35.5. The second kappa shape index (κ2) is 11.7. The van der Waals surface area contributed by atoms with Crippen LogP contribution in [0.25, 0.3) is 0 Å². The zero-order valence-electron chi connectivity index (χ0n) is 19.7. The average molecular weight is 553 g/mol. The number of ether oxygens (including phenoxy) is 2. The summed E-state index contributed by atoms with van der Waals surface area (Å²) >= 11 is 12.0. The summed E-state index contributed by atoms with van der Waals surface area (Å²) in [5.41, 5.74) is 0.581. The molecular formula is C25H26Cl2N2O6S. The molecule has 0 bridgehead atoms. The van der Waals surface area contributed by atoms with Crippen molar-refractivity contribution in [2.24, 2.45) is 0 Å². The zero-order chi connectivity index (χ0) is 25.7. The molecule has 0 amide bonds. The summed E-state index contributed by atoms with van der Waals surface area (Å²) in [6.07, 6.45) is 1.94. The van der Waals surface area contributed by atoms with Crippen molar-refractivity contribution in [1.82, 2.24) is 9.21 Å². The average Bonchev–Trinajstić information content (AvgIpc) is 3.09. The minimum Gasteiger partial charge on any atom is -0.497 e. The van der Waals surface area contributed by atoms with Crippen LogP contribution in [0.2, 0.25) is 10.0 Å². The molecule has 2 heterocycles. The van der Waals surface area contributed by atoms with Crippen LogP contribution >= 0.6 is 23.2 Å². The second-order valence-electron chi connectivity index (χ2n) is 8.35. The topological polar surface area (TPSA) is 89.3 Å². The van der Waals surface area contributed by atoms with E-state index in [4.69, 9.17) is 37.1 Å². The van der Waals surface area contributed by atoms with E-state index in [1.54, 1.807) is 7.11 Å². The molecule has 1 aliphatic rings. The lowest BCUT2D eigenvalue weighted by Crippen LogP contribution is -2.35. The summed E-state index contributed by atoms with van der Waals surface area (Å²) in [5.74, 6) is 1.31. The number of halogens is 2. The maximum Gasteiger partial charge on any atom is 0.243 e. The van der Waals surface area contributed by atoms with Gasteiger partial charge >= 0.3 is 0 Å². The van der Waals surface area contributed by atoms with Crippen LogP contribution < -0.4 is 14.9 Å². The van der Waals surface area contributed by atoms with E-state index in [2.05, 4.69) is 4.90 Å². The van der Waals surface area contributed by atoms with E-state index in [1.165, 1.54) is 34.8 Å². The van der Waals surface area contributed by atoms with Crippen LogP contribution in [0.5, 0.6) is 11.5 Å². The number of sulfonamides is 1. The Kier molecular flexibility index (Phi) is 8.58. The number of hydrogen-bond acceptors (Lipinski definition) is 7. The maximum atomic E-state index is 13.1. The fourth-order valence-electron chi connectivity index (χ4n) is 3.94. The van der Waals surface area contributed by atoms with Crippen LogP contribution in [-0.2, 0) is 23.2 Å². The van der Waals surface area contributed by atoms with Crippen molar-refractivity contribution in [3.05, 3.63) is 86.4 Å². The second-order valence-corrected chi connectivity index (χ2v) is 11.2. The molecule has 0 saturated carbocycles. The molecule has 0 atom stereocenters. The monoisotopic (exact) mass is 552 g/mol. The Morgan fingerprint density at radius 3 is 2.50 bits per heavy atom. The van der Waals surface area contributed by atoms with E-state index < -0.39 is 10.0 Å². The molecule has 1 aromatic heterocycles. The Morgan fingerprint density at radius 1 is 1.00 bits per heavy atom. The molecule has 0 N–H and O–H groups in total. The van der Waals surface area contributed by atoms with Gasteiger partial charge in [-0.15, -0.1) is 0 Å². The highest BCUT2D eigenvalue weighted by Crippen LogP contribution is 2.26. The summed E-state index contributed by atoms with van der Waals surface area (Å²) in [7, 11) is -2.15. The first-order valence-electron chi connectivity index (χ1n) is 11.3. The maximum absolute atomic E-state index is 13.1. The molecule has 8 nitrogen and oxygen atoms in total. The Morgan fingerprint density at radius 2 is 1.78 bits per heavy atom. The predicted octanol–water partition coefficient (Wildman–Crippen LogP) is 4.43. The summed E-state index contributed by atoms with van der Waals surface area (Å²) in [6, 6.07) is 13.1. The third-order valence-corrected chi connectivity index (χ3v) is 8.09. The van der Waals surface area contributed by atoms with Gasteiger partial charge in [-0.1, -0.05) is 35.3 Å². The molecule has 0 aliphatic carbocycles. The van der Waals surface area contributed by atoms with Crippen molar-refractivity contribution in [1.29, 1.82) is 0 Å². The first-order chi connectivity index (χ1) is 17.2. The number of nitrogens with zero attached hydrogens (tertiary/aromatic N) is 2. The minimum atomic E-state index is -3.73. The van der Waals surface area contributed by atoms with Crippen molar-refractivity contribution in [3.63, 3.8) is 0 Å². The van der Waals surface area contributed by atoms with Gasteiger partial charge in [0, 0.05) is 35.7 Å². The van der Waals surface area contributed by atoms with Gasteiger partial charge in [-0.3, -0.25) is 9.69 Å². The van der Waals surface area contributed by atoms with Crippen LogP contribution in [-0.4, -0.2) is 50.9 Å². The van der Waals surface area contributed by atoms with Crippen molar-refractivity contribution >= 4 is 33.2 Å². The third kappa shape index (κ3) is 6.60. The van der Waals surface area contributed by atoms with Crippen molar-refractivity contribution in [2.45, 2.75) is 24.5 Å². The van der Waals surface area contributed by atoms with Gasteiger partial charge in [-0.25, -0.2) is 8.42 Å². The highest BCUT2D eigenvalue weighted by Gasteiger charge is 2.28. The van der Waals surface area contributed by atoms with E-state index in [0.717, 1.165) is 5.56 Å². The van der Waals surface area contributed by atoms with Crippen molar-refractivity contribution in [2.75, 3.05) is 33.3 Å². The van der Waals surface area contributed by atoms with Gasteiger partial charge in [-0.05, 0) is 48.9 Å². The smallest absolute Gasteiger partial charge is 0.243 e. The van der Waals surface area contributed by atoms with Crippen LogP contribution in [0.1, 0.15) is 17.7 Å². The molecule has 4 rings (SSSR count). The van der Waals surface area contributed by atoms with Crippen LogP contribution in [0.4, 0.5) is 0 Å². The molecule has 0 unspecified atom stereocenters. The Balaban J connectivity index is 1.36. The van der Waals surface area contributed by atoms with E-state index in [0.29, 0.717) is 50.7 Å². The van der Waals surface area contributed by atoms with Gasteiger partial charge in [0.1, 0.15) is 24.4 Å². The molecular weight excluding hydrogens is 527 g/mol. The van der Waals surface area contributed by atoms with Gasteiger partial charge in [0.15, 0.2) is 0 Å². The summed E-state index contributed by atoms with van der Waals surface area (Å²) in [5, 5.41) is 0.534. The minimum absolute atomic E-state index is 0.0731. The summed E-state index contributed by atoms with van der Waals surface area (Å²) < 4.78 is 44.1. The van der Waals surface area contributed by atoms with Gasteiger partial charge in [0.2, 0.25) is 21.2 Å². The van der Waals surface area contributed by atoms with Crippen LogP contribution in [0, 0.1) is 0 Å². The standard InChI is InChI=1S/C25H26Cl2N2O6S/c1-33-21-5-2-4-18(10-21)16-35-25-17-34-22(14-24(25)30)15-28-6-3-7-29(9-8-28)36(31,32)23-12-19(26)11-20(27)13-23/h2,4-5,10-14,17H,3,6-9,15-16H2,1H3. The molecule has 0 spiro atoms. The third-order valence-electron chi connectivity index (χ3n) is 5.78. The molecule has 0 radical (unpaired) electrons. The molecule has 1 fully saturated rings. The van der Waals surface area contributed by atoms with Crippen LogP contribution in [0.15, 0.2) is 68.9 Å². The number of benzene rings is 2. The SMILES string of the molecule is COc1cccc(COc2coc(CN3CCCN(S(=O)(=O)c4cc(Cl)cc(Cl)c4)CC3)cc2=O)c1. The molecule has 2 aromatic carbocycles. The van der Waals surface area contributed by atoms with E-state index in [1.807, 2.05) is 24.3 Å². The lowest BCUT2D eigenvalue weighted by atomic mass is 10.2. The molecule has 3 aromatic rings. The normalized spacial score (nSPS) is 15.4. The predicted molar refractivity (Wildman–Crippen MR) is 137 cm³/mol. The summed E-state index contributed by atoms with van der Waals surface area (Å²) in [6.45, 7) is 2.37. The fraction of sp³-hybridized carbons (Fsp3) is 0.320. The first-order valence-corrected chi connectivity index (χ1v) is 13.5. The Hall–Kier alpha value is -2.56. The number of hydrogen-bond donors (Lipinski definition) is 0. The quantitative estimate of drug-likeness (QED) is 0.408. The van der Waals surface area contributed by atoms with E-state index >= 15 is 0 Å². The number of rotatable bonds is 8. The van der Waals surface area contributed by atoms with E-state index in [9.17, 15) is 13.2 Å². The molecule has 1 aliphatic heterocycles. The van der Waals surface area contributed by atoms with Gasteiger partial charge in [0.05, 0.1) is 18.6 Å². The molecule has 192 valence electrons. The lowest BCUT2D eigenvalue weighted by Gasteiger charge is -2.21. The van der Waals surface area contributed by atoms with Crippen molar-refractivity contribution in [3.8, 4) is 11.5 Å². The largest absolute Gasteiger partial charge is 0.497 e. The Bertz CT molecular complexity index is 1360. The van der Waals surface area contributed by atoms with Crippen LogP contribution in [0.3, 0.4) is 0 Å².